The van der Waals surface area contributed by atoms with E-state index in [2.05, 4.69) is 5.10 Å². The molecule has 0 fully saturated rings. The van der Waals surface area contributed by atoms with Crippen LogP contribution in [0.3, 0.4) is 0 Å². The number of hydrogen-bond donors (Lipinski definition) is 1. The summed E-state index contributed by atoms with van der Waals surface area (Å²) in [5.41, 5.74) is 1.04. The van der Waals surface area contributed by atoms with Crippen LogP contribution in [0.2, 0.25) is 0 Å². The Morgan fingerprint density at radius 1 is 1.35 bits per heavy atom. The molecular weight excluding hydrogens is 296 g/mol. The van der Waals surface area contributed by atoms with Crippen molar-refractivity contribution in [1.82, 2.24) is 9.78 Å². The van der Waals surface area contributed by atoms with Crippen LogP contribution in [0.4, 0.5) is 0 Å². The summed E-state index contributed by atoms with van der Waals surface area (Å²) in [5.74, 6) is -0.455. The molecule has 23 heavy (non-hydrogen) atoms. The van der Waals surface area contributed by atoms with Crippen LogP contribution in [0.25, 0.3) is 17.0 Å². The van der Waals surface area contributed by atoms with Gasteiger partial charge in [-0.2, -0.15) is 5.10 Å². The summed E-state index contributed by atoms with van der Waals surface area (Å²) in [6, 6.07) is 5.84. The molecule has 3 aromatic rings. The molecule has 0 radical (unpaired) electrons. The molecule has 0 atom stereocenters. The SMILES string of the molecule is Cc1nn(C)cc1/C=C/C(=O)c1cc2ccc(O)cc2oc1=O. The van der Waals surface area contributed by atoms with Crippen molar-refractivity contribution in [3.8, 4) is 5.75 Å². The number of nitrogens with zero attached hydrogens (tertiary/aromatic N) is 2. The van der Waals surface area contributed by atoms with Crippen LogP contribution >= 0.6 is 0 Å². The molecule has 6 nitrogen and oxygen atoms in total. The minimum absolute atomic E-state index is 0.00771. The van der Waals surface area contributed by atoms with Crippen molar-refractivity contribution in [1.29, 1.82) is 0 Å². The molecule has 0 aliphatic heterocycles. The molecule has 6 heteroatoms. The molecule has 0 bridgehead atoms. The zero-order chi connectivity index (χ0) is 16.6. The van der Waals surface area contributed by atoms with E-state index in [-0.39, 0.29) is 16.9 Å². The predicted octanol–water partition coefficient (Wildman–Crippen LogP) is 2.44. The number of rotatable bonds is 3. The summed E-state index contributed by atoms with van der Waals surface area (Å²) in [5, 5.41) is 14.1. The second kappa shape index (κ2) is 5.57. The summed E-state index contributed by atoms with van der Waals surface area (Å²) in [4.78, 5) is 24.2. The zero-order valence-electron chi connectivity index (χ0n) is 12.6. The highest BCUT2D eigenvalue weighted by molar-refractivity contribution is 6.07. The smallest absolute Gasteiger partial charge is 0.347 e. The number of ketones is 1. The van der Waals surface area contributed by atoms with Crippen LogP contribution in [0, 0.1) is 6.92 Å². The number of phenols is 1. The first-order chi connectivity index (χ1) is 10.9. The van der Waals surface area contributed by atoms with Gasteiger partial charge in [0, 0.05) is 30.3 Å². The quantitative estimate of drug-likeness (QED) is 0.456. The van der Waals surface area contributed by atoms with Crippen molar-refractivity contribution < 1.29 is 14.3 Å². The van der Waals surface area contributed by atoms with Crippen molar-refractivity contribution in [3.63, 3.8) is 0 Å². The van der Waals surface area contributed by atoms with Gasteiger partial charge in [0.1, 0.15) is 16.9 Å². The number of fused-ring (bicyclic) bond motifs is 1. The monoisotopic (exact) mass is 310 g/mol. The third-order valence-corrected chi connectivity index (χ3v) is 3.45. The fourth-order valence-electron chi connectivity index (χ4n) is 2.31. The van der Waals surface area contributed by atoms with Crippen molar-refractivity contribution in [3.05, 3.63) is 63.8 Å². The third-order valence-electron chi connectivity index (χ3n) is 3.45. The molecule has 116 valence electrons. The standard InChI is InChI=1S/C17H14N2O4/c1-10-12(9-19(2)18-10)4-6-15(21)14-7-11-3-5-13(20)8-16(11)23-17(14)22/h3-9,20H,1-2H3/b6-4+. The summed E-state index contributed by atoms with van der Waals surface area (Å²) in [6.45, 7) is 1.83. The number of aryl methyl sites for hydroxylation is 2. The Morgan fingerprint density at radius 2 is 2.13 bits per heavy atom. The minimum Gasteiger partial charge on any atom is -0.508 e. The summed E-state index contributed by atoms with van der Waals surface area (Å²) in [7, 11) is 1.79. The highest BCUT2D eigenvalue weighted by atomic mass is 16.4. The van der Waals surface area contributed by atoms with Crippen LogP contribution in [0.15, 0.2) is 45.8 Å². The average molecular weight is 310 g/mol. The molecule has 0 aliphatic carbocycles. The molecule has 2 aromatic heterocycles. The molecule has 0 unspecified atom stereocenters. The first-order valence-corrected chi connectivity index (χ1v) is 6.93. The van der Waals surface area contributed by atoms with E-state index in [9.17, 15) is 14.7 Å². The Labute approximate surface area is 131 Å². The lowest BCUT2D eigenvalue weighted by Crippen LogP contribution is -2.11. The molecular formula is C17H14N2O4. The van der Waals surface area contributed by atoms with Crippen molar-refractivity contribution in [2.45, 2.75) is 6.92 Å². The predicted molar refractivity (Wildman–Crippen MR) is 85.5 cm³/mol. The van der Waals surface area contributed by atoms with Gasteiger partial charge in [0.25, 0.3) is 0 Å². The van der Waals surface area contributed by atoms with E-state index in [4.69, 9.17) is 4.42 Å². The maximum atomic E-state index is 12.2. The second-order valence-electron chi connectivity index (χ2n) is 5.21. The van der Waals surface area contributed by atoms with Crippen LogP contribution in [-0.4, -0.2) is 20.7 Å². The molecule has 0 amide bonds. The zero-order valence-corrected chi connectivity index (χ0v) is 12.6. The lowest BCUT2D eigenvalue weighted by Gasteiger charge is -2.00. The Hall–Kier alpha value is -3.15. The first-order valence-electron chi connectivity index (χ1n) is 6.93. The maximum absolute atomic E-state index is 12.2. The van der Waals surface area contributed by atoms with E-state index in [1.54, 1.807) is 30.1 Å². The van der Waals surface area contributed by atoms with E-state index < -0.39 is 11.4 Å². The molecule has 2 heterocycles. The van der Waals surface area contributed by atoms with Gasteiger partial charge in [-0.15, -0.1) is 0 Å². The summed E-state index contributed by atoms with van der Waals surface area (Å²) in [6.07, 6.45) is 4.72. The fourth-order valence-corrected chi connectivity index (χ4v) is 2.31. The van der Waals surface area contributed by atoms with Crippen molar-refractivity contribution in [2.75, 3.05) is 0 Å². The topological polar surface area (TPSA) is 85.3 Å². The maximum Gasteiger partial charge on any atom is 0.347 e. The van der Waals surface area contributed by atoms with Crippen LogP contribution in [0.5, 0.6) is 5.75 Å². The fraction of sp³-hybridized carbons (Fsp3) is 0.118. The van der Waals surface area contributed by atoms with Gasteiger partial charge in [0.15, 0.2) is 5.78 Å². The number of carbonyl (C=O) groups excluding carboxylic acids is 1. The molecule has 0 aliphatic rings. The highest BCUT2D eigenvalue weighted by Gasteiger charge is 2.12. The molecule has 0 saturated carbocycles. The molecule has 3 rings (SSSR count). The number of aromatic hydroxyl groups is 1. The van der Waals surface area contributed by atoms with Gasteiger partial charge in [-0.1, -0.05) is 0 Å². The average Bonchev–Trinajstić information content (AvgIpc) is 2.82. The largest absolute Gasteiger partial charge is 0.508 e. The lowest BCUT2D eigenvalue weighted by molar-refractivity contribution is 0.104. The van der Waals surface area contributed by atoms with Gasteiger partial charge in [0.05, 0.1) is 5.69 Å². The van der Waals surface area contributed by atoms with Crippen LogP contribution in [-0.2, 0) is 7.05 Å². The van der Waals surface area contributed by atoms with Crippen molar-refractivity contribution >= 4 is 22.8 Å². The van der Waals surface area contributed by atoms with Gasteiger partial charge in [-0.3, -0.25) is 9.48 Å². The van der Waals surface area contributed by atoms with Gasteiger partial charge in [-0.25, -0.2) is 4.79 Å². The normalized spacial score (nSPS) is 11.4. The van der Waals surface area contributed by atoms with Crippen LogP contribution in [0.1, 0.15) is 21.6 Å². The first kappa shape index (κ1) is 14.8. The van der Waals surface area contributed by atoms with Gasteiger partial charge in [0.2, 0.25) is 0 Å². The number of allylic oxidation sites excluding steroid dienone is 1. The van der Waals surface area contributed by atoms with Gasteiger partial charge >= 0.3 is 5.63 Å². The molecule has 0 spiro atoms. The van der Waals surface area contributed by atoms with E-state index in [0.29, 0.717) is 5.39 Å². The number of aromatic nitrogens is 2. The Morgan fingerprint density at radius 3 is 2.83 bits per heavy atom. The van der Waals surface area contributed by atoms with E-state index in [1.165, 1.54) is 24.3 Å². The number of phenolic OH excluding ortho intramolecular Hbond substituents is 1. The highest BCUT2D eigenvalue weighted by Crippen LogP contribution is 2.19. The molecule has 1 aromatic carbocycles. The third kappa shape index (κ3) is 2.91. The Balaban J connectivity index is 1.97. The Bertz CT molecular complexity index is 995. The number of benzene rings is 1. The van der Waals surface area contributed by atoms with Crippen molar-refractivity contribution in [2.24, 2.45) is 7.05 Å². The second-order valence-corrected chi connectivity index (χ2v) is 5.21. The summed E-state index contributed by atoms with van der Waals surface area (Å²) >= 11 is 0. The van der Waals surface area contributed by atoms with E-state index >= 15 is 0 Å². The minimum atomic E-state index is -0.736. The van der Waals surface area contributed by atoms with Gasteiger partial charge < -0.3 is 9.52 Å². The lowest BCUT2D eigenvalue weighted by atomic mass is 10.1. The van der Waals surface area contributed by atoms with E-state index in [1.807, 2.05) is 6.92 Å². The Kier molecular flexibility index (Phi) is 3.57. The number of hydrogen-bond acceptors (Lipinski definition) is 5. The van der Waals surface area contributed by atoms with Crippen LogP contribution < -0.4 is 5.63 Å². The van der Waals surface area contributed by atoms with Gasteiger partial charge in [-0.05, 0) is 37.3 Å². The molecule has 0 saturated heterocycles. The number of carbonyl (C=O) groups is 1. The summed E-state index contributed by atoms with van der Waals surface area (Å²) < 4.78 is 6.74. The molecule has 1 N–H and O–H groups in total. The van der Waals surface area contributed by atoms with E-state index in [0.717, 1.165) is 11.3 Å².